The topological polar surface area (TPSA) is 66.5 Å². The fourth-order valence-corrected chi connectivity index (χ4v) is 7.43. The van der Waals surface area contributed by atoms with E-state index in [1.54, 1.807) is 16.4 Å². The van der Waals surface area contributed by atoms with E-state index in [1.807, 2.05) is 6.92 Å². The molecule has 1 saturated carbocycles. The van der Waals surface area contributed by atoms with Crippen molar-refractivity contribution in [3.8, 4) is 0 Å². The molecule has 3 rings (SSSR count). The molecule has 1 aromatic rings. The monoisotopic (exact) mass is 448 g/mol. The Morgan fingerprint density at radius 1 is 1.24 bits per heavy atom. The van der Waals surface area contributed by atoms with Gasteiger partial charge in [0.25, 0.3) is 10.0 Å². The number of halogens is 1. The van der Waals surface area contributed by atoms with E-state index < -0.39 is 10.0 Å². The van der Waals surface area contributed by atoms with Gasteiger partial charge in [0, 0.05) is 25.0 Å². The van der Waals surface area contributed by atoms with Gasteiger partial charge in [-0.3, -0.25) is 4.79 Å². The molecule has 2 heterocycles. The van der Waals surface area contributed by atoms with Crippen molar-refractivity contribution in [2.24, 2.45) is 11.8 Å². The van der Waals surface area contributed by atoms with Crippen LogP contribution in [0.5, 0.6) is 0 Å². The summed E-state index contributed by atoms with van der Waals surface area (Å²) >= 11 is 4.56. The summed E-state index contributed by atoms with van der Waals surface area (Å²) in [6.45, 7) is 2.96. The molecule has 1 atom stereocenters. The molecule has 5 nitrogen and oxygen atoms in total. The third-order valence-corrected chi connectivity index (χ3v) is 9.45. The van der Waals surface area contributed by atoms with Crippen molar-refractivity contribution in [2.75, 3.05) is 13.1 Å². The highest BCUT2D eigenvalue weighted by Gasteiger charge is 2.34. The number of nitrogens with one attached hydrogen (secondary N) is 1. The average molecular weight is 449 g/mol. The van der Waals surface area contributed by atoms with Gasteiger partial charge in [-0.05, 0) is 59.7 Å². The number of sulfonamides is 1. The lowest BCUT2D eigenvalue weighted by Crippen LogP contribution is -2.44. The van der Waals surface area contributed by atoms with Crippen LogP contribution in [0.3, 0.4) is 0 Å². The predicted octanol–water partition coefficient (Wildman–Crippen LogP) is 3.61. The first kappa shape index (κ1) is 19.3. The van der Waals surface area contributed by atoms with Crippen LogP contribution < -0.4 is 5.32 Å². The molecule has 2 aliphatic rings. The molecule has 0 radical (unpaired) electrons. The normalized spacial score (nSPS) is 22.2. The maximum absolute atomic E-state index is 12.7. The largest absolute Gasteiger partial charge is 0.353 e. The minimum atomic E-state index is -3.41. The fourth-order valence-electron chi connectivity index (χ4n) is 3.80. The van der Waals surface area contributed by atoms with E-state index >= 15 is 0 Å². The molecule has 0 aromatic carbocycles. The van der Waals surface area contributed by atoms with E-state index in [-0.39, 0.29) is 17.7 Å². The predicted molar refractivity (Wildman–Crippen MR) is 103 cm³/mol. The molecule has 25 heavy (non-hydrogen) atoms. The van der Waals surface area contributed by atoms with Crippen LogP contribution in [0.1, 0.15) is 45.4 Å². The quantitative estimate of drug-likeness (QED) is 0.747. The van der Waals surface area contributed by atoms with Gasteiger partial charge in [0.2, 0.25) is 5.91 Å². The summed E-state index contributed by atoms with van der Waals surface area (Å²) in [6, 6.07) is 3.75. The van der Waals surface area contributed by atoms with Gasteiger partial charge in [0.05, 0.1) is 3.79 Å². The minimum absolute atomic E-state index is 0.0543. The summed E-state index contributed by atoms with van der Waals surface area (Å²) in [5.74, 6) is 0.333. The Balaban J connectivity index is 1.55. The van der Waals surface area contributed by atoms with Gasteiger partial charge < -0.3 is 5.32 Å². The number of hydrogen-bond acceptors (Lipinski definition) is 4. The van der Waals surface area contributed by atoms with Crippen molar-refractivity contribution in [3.05, 3.63) is 15.9 Å². The van der Waals surface area contributed by atoms with E-state index in [1.165, 1.54) is 24.2 Å². The smallest absolute Gasteiger partial charge is 0.252 e. The first-order valence-corrected chi connectivity index (χ1v) is 12.0. The molecule has 1 N–H and O–H groups in total. The number of carbonyl (C=O) groups excluding carboxylic acids is 1. The summed E-state index contributed by atoms with van der Waals surface area (Å²) in [5, 5.41) is 3.17. The van der Waals surface area contributed by atoms with Crippen molar-refractivity contribution < 1.29 is 13.2 Å². The van der Waals surface area contributed by atoms with Crippen LogP contribution in [-0.2, 0) is 14.8 Å². The lowest BCUT2D eigenvalue weighted by Gasteiger charge is -2.33. The lowest BCUT2D eigenvalue weighted by atomic mass is 9.85. The molecule has 1 saturated heterocycles. The zero-order valence-electron chi connectivity index (χ0n) is 14.4. The molecule has 0 spiro atoms. The van der Waals surface area contributed by atoms with Crippen LogP contribution in [0.4, 0.5) is 0 Å². The second-order valence-corrected chi connectivity index (χ2v) is 11.7. The van der Waals surface area contributed by atoms with Crippen molar-refractivity contribution in [3.63, 3.8) is 0 Å². The fraction of sp³-hybridized carbons (Fsp3) is 0.706. The highest BCUT2D eigenvalue weighted by molar-refractivity contribution is 9.11. The standard InChI is InChI=1S/C17H25BrN2O3S2/c1-12(17(21)19-14-4-2-3-5-14)13-8-10-20(11-9-13)25(22,23)16-7-6-15(18)24-16/h6-7,12-14H,2-5,8-11H2,1H3,(H,19,21)/t12-/m1/s1. The van der Waals surface area contributed by atoms with Gasteiger partial charge in [-0.2, -0.15) is 4.31 Å². The lowest BCUT2D eigenvalue weighted by molar-refractivity contribution is -0.127. The zero-order chi connectivity index (χ0) is 18.0. The number of hydrogen-bond donors (Lipinski definition) is 1. The molecule has 8 heteroatoms. The highest BCUT2D eigenvalue weighted by Crippen LogP contribution is 2.32. The maximum Gasteiger partial charge on any atom is 0.252 e. The summed E-state index contributed by atoms with van der Waals surface area (Å²) in [5.41, 5.74) is 0. The molecule has 1 amide bonds. The Bertz CT molecular complexity index is 705. The summed E-state index contributed by atoms with van der Waals surface area (Å²) in [4.78, 5) is 12.5. The SMILES string of the molecule is C[C@@H](C(=O)NC1CCCC1)C1CCN(S(=O)(=O)c2ccc(Br)s2)CC1. The third-order valence-electron chi connectivity index (χ3n) is 5.46. The summed E-state index contributed by atoms with van der Waals surface area (Å²) in [6.07, 6.45) is 6.07. The van der Waals surface area contributed by atoms with Gasteiger partial charge in [0.15, 0.2) is 0 Å². The molecular weight excluding hydrogens is 424 g/mol. The van der Waals surface area contributed by atoms with Gasteiger partial charge in [-0.1, -0.05) is 19.8 Å². The van der Waals surface area contributed by atoms with Crippen molar-refractivity contribution in [2.45, 2.75) is 55.7 Å². The highest BCUT2D eigenvalue weighted by atomic mass is 79.9. The van der Waals surface area contributed by atoms with Crippen LogP contribution in [0.2, 0.25) is 0 Å². The number of rotatable bonds is 5. The number of piperidine rings is 1. The van der Waals surface area contributed by atoms with Gasteiger partial charge in [-0.25, -0.2) is 8.42 Å². The average Bonchev–Trinajstić information content (AvgIpc) is 3.26. The van der Waals surface area contributed by atoms with Crippen molar-refractivity contribution in [1.82, 2.24) is 9.62 Å². The number of amides is 1. The Morgan fingerprint density at radius 3 is 2.44 bits per heavy atom. The van der Waals surface area contributed by atoms with E-state index in [4.69, 9.17) is 0 Å². The van der Waals surface area contributed by atoms with E-state index in [0.29, 0.717) is 23.3 Å². The zero-order valence-corrected chi connectivity index (χ0v) is 17.6. The van der Waals surface area contributed by atoms with E-state index in [2.05, 4.69) is 21.2 Å². The van der Waals surface area contributed by atoms with Gasteiger partial charge in [-0.15, -0.1) is 11.3 Å². The molecule has 1 aromatic heterocycles. The number of thiophene rings is 1. The second-order valence-electron chi connectivity index (χ2n) is 7.08. The molecule has 1 aliphatic carbocycles. The number of nitrogens with zero attached hydrogens (tertiary/aromatic N) is 1. The molecule has 140 valence electrons. The van der Waals surface area contributed by atoms with Crippen LogP contribution >= 0.6 is 27.3 Å². The van der Waals surface area contributed by atoms with Crippen molar-refractivity contribution in [1.29, 1.82) is 0 Å². The third kappa shape index (κ3) is 4.46. The van der Waals surface area contributed by atoms with Crippen LogP contribution in [0.25, 0.3) is 0 Å². The summed E-state index contributed by atoms with van der Waals surface area (Å²) in [7, 11) is -3.41. The molecule has 1 aliphatic heterocycles. The maximum atomic E-state index is 12.7. The van der Waals surface area contributed by atoms with Gasteiger partial charge in [0.1, 0.15) is 4.21 Å². The van der Waals surface area contributed by atoms with Crippen LogP contribution in [0, 0.1) is 11.8 Å². The minimum Gasteiger partial charge on any atom is -0.353 e. The van der Waals surface area contributed by atoms with Gasteiger partial charge >= 0.3 is 0 Å². The second kappa shape index (κ2) is 8.06. The summed E-state index contributed by atoms with van der Waals surface area (Å²) < 4.78 is 28.1. The van der Waals surface area contributed by atoms with Crippen molar-refractivity contribution >= 4 is 43.2 Å². The Morgan fingerprint density at radius 2 is 1.88 bits per heavy atom. The van der Waals surface area contributed by atoms with Crippen LogP contribution in [0.15, 0.2) is 20.1 Å². The Hall–Kier alpha value is -0.440. The molecule has 0 bridgehead atoms. The van der Waals surface area contributed by atoms with E-state index in [0.717, 1.165) is 29.5 Å². The van der Waals surface area contributed by atoms with E-state index in [9.17, 15) is 13.2 Å². The molecule has 2 fully saturated rings. The van der Waals surface area contributed by atoms with Crippen LogP contribution in [-0.4, -0.2) is 37.8 Å². The number of carbonyl (C=O) groups is 1. The first-order valence-electron chi connectivity index (χ1n) is 8.94. The Labute approximate surface area is 162 Å². The Kier molecular flexibility index (Phi) is 6.23. The molecular formula is C17H25BrN2O3S2. The first-order chi connectivity index (χ1) is 11.9. The molecule has 0 unspecified atom stereocenters.